The van der Waals surface area contributed by atoms with Gasteiger partial charge in [0.25, 0.3) is 0 Å². The molecule has 36 heavy (non-hydrogen) atoms. The SMILES string of the molecule is CO[C@H]1CSc2c(-c3ccc(F)cc3F)c(C(F)(F)F)cc3c(N4CCNC[C@@H]4C)nc(=O)n(c23)C1. The van der Waals surface area contributed by atoms with Crippen LogP contribution in [0.1, 0.15) is 12.5 Å². The third-order valence-electron chi connectivity index (χ3n) is 6.61. The Labute approximate surface area is 207 Å². The van der Waals surface area contributed by atoms with E-state index in [4.69, 9.17) is 4.74 Å². The molecule has 0 unspecified atom stereocenters. The van der Waals surface area contributed by atoms with Crippen molar-refractivity contribution >= 4 is 28.5 Å². The molecule has 0 amide bonds. The van der Waals surface area contributed by atoms with Crippen LogP contribution in [0.2, 0.25) is 0 Å². The highest BCUT2D eigenvalue weighted by Crippen LogP contribution is 2.48. The van der Waals surface area contributed by atoms with Gasteiger partial charge in [0.15, 0.2) is 0 Å². The molecule has 2 aliphatic heterocycles. The maximum absolute atomic E-state index is 14.9. The zero-order chi connectivity index (χ0) is 25.8. The second-order valence-electron chi connectivity index (χ2n) is 8.89. The first-order valence-corrected chi connectivity index (χ1v) is 12.4. The number of hydrogen-bond donors (Lipinski definition) is 1. The van der Waals surface area contributed by atoms with Gasteiger partial charge in [-0.05, 0) is 25.1 Å². The van der Waals surface area contributed by atoms with E-state index in [1.165, 1.54) is 11.7 Å². The summed E-state index contributed by atoms with van der Waals surface area (Å²) in [5.41, 5.74) is -2.27. The largest absolute Gasteiger partial charge is 0.417 e. The van der Waals surface area contributed by atoms with Gasteiger partial charge in [0, 0.05) is 66.0 Å². The Bertz CT molecular complexity index is 1390. The normalized spacial score (nSPS) is 20.6. The van der Waals surface area contributed by atoms with Crippen LogP contribution in [0.5, 0.6) is 0 Å². The van der Waals surface area contributed by atoms with Crippen molar-refractivity contribution in [3.8, 4) is 11.1 Å². The van der Waals surface area contributed by atoms with Crippen molar-refractivity contribution in [1.29, 1.82) is 0 Å². The van der Waals surface area contributed by atoms with Gasteiger partial charge in [-0.2, -0.15) is 18.2 Å². The summed E-state index contributed by atoms with van der Waals surface area (Å²) >= 11 is 1.06. The molecule has 192 valence electrons. The van der Waals surface area contributed by atoms with Crippen LogP contribution < -0.4 is 15.9 Å². The summed E-state index contributed by atoms with van der Waals surface area (Å²) in [6, 6.07) is 3.29. The zero-order valence-corrected chi connectivity index (χ0v) is 20.3. The molecular formula is C24H23F5N4O2S. The number of alkyl halides is 3. The Hall–Kier alpha value is -2.70. The first kappa shape index (κ1) is 25.0. The number of benzene rings is 2. The lowest BCUT2D eigenvalue weighted by molar-refractivity contribution is -0.137. The molecule has 0 aliphatic carbocycles. The molecule has 1 N–H and O–H groups in total. The minimum atomic E-state index is -4.86. The molecule has 2 aliphatic rings. The first-order chi connectivity index (χ1) is 17.1. The average molecular weight is 527 g/mol. The van der Waals surface area contributed by atoms with Crippen molar-refractivity contribution in [3.63, 3.8) is 0 Å². The Morgan fingerprint density at radius 3 is 2.67 bits per heavy atom. The lowest BCUT2D eigenvalue weighted by Gasteiger charge is -2.36. The number of methoxy groups -OCH3 is 1. The lowest BCUT2D eigenvalue weighted by atomic mass is 9.95. The topological polar surface area (TPSA) is 59.4 Å². The molecule has 1 aromatic heterocycles. The van der Waals surface area contributed by atoms with Crippen molar-refractivity contribution in [2.75, 3.05) is 37.4 Å². The molecule has 2 aromatic carbocycles. The van der Waals surface area contributed by atoms with Crippen LogP contribution in [0.15, 0.2) is 34.0 Å². The number of rotatable bonds is 3. The summed E-state index contributed by atoms with van der Waals surface area (Å²) in [4.78, 5) is 19.4. The standard InChI is InChI=1S/C24H23F5N4O2S/c1-12-9-30-5-6-32(12)22-16-8-17(24(27,28)29)19(15-4-3-13(25)7-18(15)26)21-20(16)33(23(34)31-22)10-14(35-2)11-36-21/h3-4,7-8,12,14,30H,5-6,9-11H2,1-2H3/t12-,14+/m0/s1. The van der Waals surface area contributed by atoms with E-state index >= 15 is 0 Å². The highest BCUT2D eigenvalue weighted by Gasteiger charge is 2.39. The summed E-state index contributed by atoms with van der Waals surface area (Å²) in [5.74, 6) is -1.64. The quantitative estimate of drug-likeness (QED) is 0.515. The highest BCUT2D eigenvalue weighted by molar-refractivity contribution is 7.99. The van der Waals surface area contributed by atoms with Crippen molar-refractivity contribution in [2.45, 2.75) is 36.7 Å². The van der Waals surface area contributed by atoms with E-state index in [-0.39, 0.29) is 40.0 Å². The van der Waals surface area contributed by atoms with Gasteiger partial charge in [0.2, 0.25) is 0 Å². The molecule has 0 radical (unpaired) electrons. The highest BCUT2D eigenvalue weighted by atomic mass is 32.2. The fraction of sp³-hybridized carbons (Fsp3) is 0.417. The maximum Gasteiger partial charge on any atom is 0.417 e. The third-order valence-corrected chi connectivity index (χ3v) is 7.84. The van der Waals surface area contributed by atoms with Gasteiger partial charge >= 0.3 is 11.9 Å². The predicted molar refractivity (Wildman–Crippen MR) is 128 cm³/mol. The summed E-state index contributed by atoms with van der Waals surface area (Å²) in [6.07, 6.45) is -5.35. The second-order valence-corrected chi connectivity index (χ2v) is 9.92. The Morgan fingerprint density at radius 2 is 2.00 bits per heavy atom. The monoisotopic (exact) mass is 526 g/mol. The number of halogens is 5. The molecule has 1 fully saturated rings. The molecule has 12 heteroatoms. The number of thioether (sulfide) groups is 1. The predicted octanol–water partition coefficient (Wildman–Crippen LogP) is 4.28. The maximum atomic E-state index is 14.9. The van der Waals surface area contributed by atoms with E-state index in [9.17, 15) is 26.7 Å². The van der Waals surface area contributed by atoms with E-state index in [0.717, 1.165) is 30.0 Å². The Kier molecular flexibility index (Phi) is 6.46. The number of aromatic nitrogens is 2. The number of piperazine rings is 1. The van der Waals surface area contributed by atoms with E-state index in [1.54, 1.807) is 0 Å². The second kappa shape index (κ2) is 9.31. The summed E-state index contributed by atoms with van der Waals surface area (Å²) < 4.78 is 79.0. The number of hydrogen-bond acceptors (Lipinski definition) is 6. The van der Waals surface area contributed by atoms with Gasteiger partial charge in [0.1, 0.15) is 17.5 Å². The molecule has 0 spiro atoms. The smallest absolute Gasteiger partial charge is 0.379 e. The average Bonchev–Trinajstić information content (AvgIpc) is 3.02. The third kappa shape index (κ3) is 4.24. The molecule has 0 bridgehead atoms. The van der Waals surface area contributed by atoms with E-state index < -0.39 is 46.3 Å². The zero-order valence-electron chi connectivity index (χ0n) is 19.5. The molecule has 6 nitrogen and oxygen atoms in total. The van der Waals surface area contributed by atoms with Crippen molar-refractivity contribution < 1.29 is 26.7 Å². The van der Waals surface area contributed by atoms with Crippen LogP contribution in [0.4, 0.5) is 27.8 Å². The lowest BCUT2D eigenvalue weighted by Crippen LogP contribution is -2.51. The Morgan fingerprint density at radius 1 is 1.22 bits per heavy atom. The number of nitrogens with one attached hydrogen (secondary N) is 1. The van der Waals surface area contributed by atoms with Gasteiger partial charge in [0.05, 0.1) is 23.7 Å². The minimum absolute atomic E-state index is 0.0763. The first-order valence-electron chi connectivity index (χ1n) is 11.4. The van der Waals surface area contributed by atoms with E-state index in [1.807, 2.05) is 11.8 Å². The summed E-state index contributed by atoms with van der Waals surface area (Å²) in [6.45, 7) is 3.57. The molecule has 3 aromatic rings. The van der Waals surface area contributed by atoms with Crippen LogP contribution in [0.3, 0.4) is 0 Å². The van der Waals surface area contributed by atoms with Crippen LogP contribution in [0, 0.1) is 11.6 Å². The van der Waals surface area contributed by atoms with Crippen LogP contribution in [-0.2, 0) is 17.5 Å². The van der Waals surface area contributed by atoms with Gasteiger partial charge in [-0.3, -0.25) is 4.57 Å². The van der Waals surface area contributed by atoms with Crippen LogP contribution in [0.25, 0.3) is 22.0 Å². The van der Waals surface area contributed by atoms with Crippen LogP contribution >= 0.6 is 11.8 Å². The Balaban J connectivity index is 1.93. The fourth-order valence-electron chi connectivity index (χ4n) is 4.84. The van der Waals surface area contributed by atoms with Crippen molar-refractivity contribution in [1.82, 2.24) is 14.9 Å². The van der Waals surface area contributed by atoms with Crippen LogP contribution in [-0.4, -0.2) is 54.2 Å². The molecule has 5 rings (SSSR count). The van der Waals surface area contributed by atoms with E-state index in [0.29, 0.717) is 25.7 Å². The van der Waals surface area contributed by atoms with Crippen molar-refractivity contribution in [3.05, 3.63) is 51.9 Å². The number of nitrogens with zero attached hydrogens (tertiary/aromatic N) is 3. The van der Waals surface area contributed by atoms with Gasteiger partial charge in [-0.1, -0.05) is 0 Å². The summed E-state index contributed by atoms with van der Waals surface area (Å²) in [7, 11) is 1.45. The van der Waals surface area contributed by atoms with Crippen molar-refractivity contribution in [2.24, 2.45) is 0 Å². The van der Waals surface area contributed by atoms with Gasteiger partial charge in [-0.15, -0.1) is 11.8 Å². The summed E-state index contributed by atoms with van der Waals surface area (Å²) in [5, 5.41) is 3.37. The van der Waals surface area contributed by atoms with E-state index in [2.05, 4.69) is 10.3 Å². The molecule has 1 saturated heterocycles. The van der Waals surface area contributed by atoms with Gasteiger partial charge in [-0.25, -0.2) is 13.6 Å². The molecule has 0 saturated carbocycles. The molecular weight excluding hydrogens is 503 g/mol. The number of ether oxygens (including phenoxy) is 1. The molecule has 2 atom stereocenters. The minimum Gasteiger partial charge on any atom is -0.379 e. The fourth-order valence-corrected chi connectivity index (χ4v) is 6.15. The van der Waals surface area contributed by atoms with Gasteiger partial charge < -0.3 is 15.0 Å². The molecule has 3 heterocycles. The number of anilines is 1.